The molecule has 0 radical (unpaired) electrons. The van der Waals surface area contributed by atoms with E-state index in [1.807, 2.05) is 0 Å². The molecule has 3 N–H and O–H groups in total. The predicted molar refractivity (Wildman–Crippen MR) is 91.3 cm³/mol. The average Bonchev–Trinajstić information content (AvgIpc) is 2.44. The SMILES string of the molecule is CCCCCCCCCCCC(O)Cc1cc(O)cc(O)c1. The van der Waals surface area contributed by atoms with E-state index in [0.717, 1.165) is 18.4 Å². The van der Waals surface area contributed by atoms with Crippen LogP contribution in [0.1, 0.15) is 76.7 Å². The Balaban J connectivity index is 2.05. The van der Waals surface area contributed by atoms with Gasteiger partial charge in [0.1, 0.15) is 11.5 Å². The number of benzene rings is 1. The third-order valence-electron chi connectivity index (χ3n) is 4.07. The number of rotatable bonds is 12. The van der Waals surface area contributed by atoms with Gasteiger partial charge in [-0.2, -0.15) is 0 Å². The molecule has 0 saturated heterocycles. The van der Waals surface area contributed by atoms with Crippen LogP contribution in [-0.4, -0.2) is 21.4 Å². The van der Waals surface area contributed by atoms with Crippen molar-refractivity contribution in [3.05, 3.63) is 23.8 Å². The molecule has 0 heterocycles. The second-order valence-corrected chi connectivity index (χ2v) is 6.33. The largest absolute Gasteiger partial charge is 0.508 e. The van der Waals surface area contributed by atoms with Crippen molar-refractivity contribution < 1.29 is 15.3 Å². The summed E-state index contributed by atoms with van der Waals surface area (Å²) in [5.74, 6) is 0.0931. The van der Waals surface area contributed by atoms with Crippen molar-refractivity contribution in [2.24, 2.45) is 0 Å². The van der Waals surface area contributed by atoms with E-state index in [1.54, 1.807) is 12.1 Å². The fraction of sp³-hybridized carbons (Fsp3) is 0.684. The van der Waals surface area contributed by atoms with E-state index in [2.05, 4.69) is 6.92 Å². The molecule has 1 atom stereocenters. The molecule has 3 nitrogen and oxygen atoms in total. The lowest BCUT2D eigenvalue weighted by Gasteiger charge is -2.11. The maximum Gasteiger partial charge on any atom is 0.119 e. The first-order valence-corrected chi connectivity index (χ1v) is 8.81. The van der Waals surface area contributed by atoms with Gasteiger partial charge in [-0.3, -0.25) is 0 Å². The molecule has 0 saturated carbocycles. The lowest BCUT2D eigenvalue weighted by Crippen LogP contribution is -2.10. The molecule has 0 aliphatic carbocycles. The minimum absolute atomic E-state index is 0.0465. The maximum atomic E-state index is 10.0. The van der Waals surface area contributed by atoms with Gasteiger partial charge in [0.2, 0.25) is 0 Å². The van der Waals surface area contributed by atoms with Crippen LogP contribution in [0.25, 0.3) is 0 Å². The minimum atomic E-state index is -0.397. The molecule has 0 bridgehead atoms. The standard InChI is InChI=1S/C19H32O3/c1-2-3-4-5-6-7-8-9-10-11-17(20)12-16-13-18(21)15-19(22)14-16/h13-15,17,20-22H,2-12H2,1H3. The molecule has 1 rings (SSSR count). The van der Waals surface area contributed by atoms with E-state index >= 15 is 0 Å². The van der Waals surface area contributed by atoms with E-state index < -0.39 is 6.10 Å². The first-order valence-electron chi connectivity index (χ1n) is 8.81. The summed E-state index contributed by atoms with van der Waals surface area (Å²) in [5, 5.41) is 28.9. The summed E-state index contributed by atoms with van der Waals surface area (Å²) in [4.78, 5) is 0. The van der Waals surface area contributed by atoms with Gasteiger partial charge in [0.25, 0.3) is 0 Å². The molecule has 1 aromatic carbocycles. The first kappa shape index (κ1) is 18.8. The summed E-state index contributed by atoms with van der Waals surface area (Å²) in [7, 11) is 0. The molecule has 1 unspecified atom stereocenters. The van der Waals surface area contributed by atoms with Gasteiger partial charge in [-0.15, -0.1) is 0 Å². The monoisotopic (exact) mass is 308 g/mol. The number of phenolic OH excluding ortho intramolecular Hbond substituents is 2. The van der Waals surface area contributed by atoms with Crippen molar-refractivity contribution in [1.82, 2.24) is 0 Å². The molecule has 0 amide bonds. The van der Waals surface area contributed by atoms with Crippen molar-refractivity contribution >= 4 is 0 Å². The summed E-state index contributed by atoms with van der Waals surface area (Å²) in [6.07, 6.45) is 12.4. The number of aromatic hydroxyl groups is 2. The molecule has 0 aliphatic heterocycles. The Bertz CT molecular complexity index is 383. The Morgan fingerprint density at radius 2 is 1.27 bits per heavy atom. The Hall–Kier alpha value is -1.22. The second-order valence-electron chi connectivity index (χ2n) is 6.33. The third kappa shape index (κ3) is 8.93. The van der Waals surface area contributed by atoms with Crippen LogP contribution in [0.4, 0.5) is 0 Å². The van der Waals surface area contributed by atoms with E-state index in [1.165, 1.54) is 57.4 Å². The van der Waals surface area contributed by atoms with Crippen molar-refractivity contribution in [3.8, 4) is 11.5 Å². The predicted octanol–water partition coefficient (Wildman–Crippen LogP) is 4.92. The van der Waals surface area contributed by atoms with Gasteiger partial charge in [-0.05, 0) is 30.5 Å². The van der Waals surface area contributed by atoms with Gasteiger partial charge in [0.15, 0.2) is 0 Å². The third-order valence-corrected chi connectivity index (χ3v) is 4.07. The number of unbranched alkanes of at least 4 members (excludes halogenated alkanes) is 8. The highest BCUT2D eigenvalue weighted by Gasteiger charge is 2.07. The van der Waals surface area contributed by atoms with Gasteiger partial charge >= 0.3 is 0 Å². The molecule has 126 valence electrons. The summed E-state index contributed by atoms with van der Waals surface area (Å²) in [6.45, 7) is 2.24. The molecule has 0 aliphatic rings. The van der Waals surface area contributed by atoms with Crippen LogP contribution in [0, 0.1) is 0 Å². The molecule has 0 fully saturated rings. The average molecular weight is 308 g/mol. The van der Waals surface area contributed by atoms with Crippen LogP contribution >= 0.6 is 0 Å². The van der Waals surface area contributed by atoms with E-state index in [4.69, 9.17) is 0 Å². The van der Waals surface area contributed by atoms with E-state index in [0.29, 0.717) is 6.42 Å². The molecule has 3 heteroatoms. The number of hydrogen-bond acceptors (Lipinski definition) is 3. The van der Waals surface area contributed by atoms with Crippen molar-refractivity contribution in [1.29, 1.82) is 0 Å². The van der Waals surface area contributed by atoms with Crippen LogP contribution in [0.3, 0.4) is 0 Å². The Morgan fingerprint density at radius 1 is 0.773 bits per heavy atom. The normalized spacial score (nSPS) is 12.5. The smallest absolute Gasteiger partial charge is 0.119 e. The van der Waals surface area contributed by atoms with Gasteiger partial charge < -0.3 is 15.3 Å². The quantitative estimate of drug-likeness (QED) is 0.480. The highest BCUT2D eigenvalue weighted by Crippen LogP contribution is 2.22. The zero-order valence-electron chi connectivity index (χ0n) is 13.9. The van der Waals surface area contributed by atoms with E-state index in [9.17, 15) is 15.3 Å². The number of phenols is 2. The second kappa shape index (κ2) is 11.4. The fourth-order valence-electron chi connectivity index (χ4n) is 2.84. The molecule has 22 heavy (non-hydrogen) atoms. The number of aliphatic hydroxyl groups excluding tert-OH is 1. The van der Waals surface area contributed by atoms with Gasteiger partial charge in [0.05, 0.1) is 6.10 Å². The van der Waals surface area contributed by atoms with Crippen molar-refractivity contribution in [2.45, 2.75) is 83.7 Å². The maximum absolute atomic E-state index is 10.0. The Morgan fingerprint density at radius 3 is 1.82 bits per heavy atom. The number of hydrogen-bond donors (Lipinski definition) is 3. The highest BCUT2D eigenvalue weighted by molar-refractivity contribution is 5.36. The topological polar surface area (TPSA) is 60.7 Å². The zero-order valence-corrected chi connectivity index (χ0v) is 13.9. The van der Waals surface area contributed by atoms with Gasteiger partial charge in [-0.1, -0.05) is 64.7 Å². The first-order chi connectivity index (χ1) is 10.6. The van der Waals surface area contributed by atoms with Crippen molar-refractivity contribution in [3.63, 3.8) is 0 Å². The van der Waals surface area contributed by atoms with Crippen LogP contribution in [0.5, 0.6) is 11.5 Å². The molecule has 0 aromatic heterocycles. The molecular formula is C19H32O3. The Labute approximate surface area is 135 Å². The Kier molecular flexibility index (Phi) is 9.72. The van der Waals surface area contributed by atoms with E-state index in [-0.39, 0.29) is 11.5 Å². The summed E-state index contributed by atoms with van der Waals surface area (Å²) >= 11 is 0. The minimum Gasteiger partial charge on any atom is -0.508 e. The van der Waals surface area contributed by atoms with Crippen LogP contribution in [0.2, 0.25) is 0 Å². The van der Waals surface area contributed by atoms with Crippen LogP contribution in [0.15, 0.2) is 18.2 Å². The summed E-state index contributed by atoms with van der Waals surface area (Å²) in [6, 6.07) is 4.49. The van der Waals surface area contributed by atoms with Gasteiger partial charge in [0, 0.05) is 6.07 Å². The molecule has 1 aromatic rings. The fourth-order valence-corrected chi connectivity index (χ4v) is 2.84. The van der Waals surface area contributed by atoms with Crippen LogP contribution < -0.4 is 0 Å². The summed E-state index contributed by atoms with van der Waals surface area (Å²) < 4.78 is 0. The highest BCUT2D eigenvalue weighted by atomic mass is 16.3. The van der Waals surface area contributed by atoms with Crippen LogP contribution in [-0.2, 0) is 6.42 Å². The lowest BCUT2D eigenvalue weighted by molar-refractivity contribution is 0.160. The lowest BCUT2D eigenvalue weighted by atomic mass is 10.0. The molecular weight excluding hydrogens is 276 g/mol. The van der Waals surface area contributed by atoms with Gasteiger partial charge in [-0.25, -0.2) is 0 Å². The zero-order chi connectivity index (χ0) is 16.2. The number of aliphatic hydroxyl groups is 1. The van der Waals surface area contributed by atoms with Crippen molar-refractivity contribution in [2.75, 3.05) is 0 Å². The molecule has 0 spiro atoms. The summed E-state index contributed by atoms with van der Waals surface area (Å²) in [5.41, 5.74) is 0.779.